The van der Waals surface area contributed by atoms with Crippen LogP contribution in [0.5, 0.6) is 0 Å². The van der Waals surface area contributed by atoms with Crippen molar-refractivity contribution < 1.29 is 9.59 Å². The first-order valence-corrected chi connectivity index (χ1v) is 10.1. The Morgan fingerprint density at radius 1 is 0.923 bits per heavy atom. The largest absolute Gasteiger partial charge is 0.302 e. The summed E-state index contributed by atoms with van der Waals surface area (Å²) in [7, 11) is 2.10. The second-order valence-corrected chi connectivity index (χ2v) is 7.48. The normalized spacial score (nSPS) is 13.6. The van der Waals surface area contributed by atoms with E-state index in [4.69, 9.17) is 0 Å². The third-order valence-electron chi connectivity index (χ3n) is 4.66. The number of imide groups is 1. The molecule has 136 valence electrons. The van der Waals surface area contributed by atoms with E-state index in [1.165, 1.54) is 15.4 Å². The van der Waals surface area contributed by atoms with Crippen LogP contribution in [0.15, 0.2) is 53.4 Å². The Labute approximate surface area is 159 Å². The molecule has 2 amide bonds. The van der Waals surface area contributed by atoms with Crippen LogP contribution < -0.4 is 0 Å². The summed E-state index contributed by atoms with van der Waals surface area (Å²) in [6.45, 7) is 2.33. The standard InChI is InChI=1S/C21H24N2O2S/c1-22(15-16-9-11-17(26-2)12-10-16)13-5-6-14-23-20(24)18-7-3-4-8-19(18)21(23)25/h3-4,7-12H,5-6,13-15H2,1-2H3. The summed E-state index contributed by atoms with van der Waals surface area (Å²) < 4.78 is 0. The average Bonchev–Trinajstić information content (AvgIpc) is 2.91. The molecule has 0 bridgehead atoms. The van der Waals surface area contributed by atoms with Gasteiger partial charge in [-0.1, -0.05) is 24.3 Å². The second kappa shape index (κ2) is 8.52. The first-order chi connectivity index (χ1) is 12.6. The van der Waals surface area contributed by atoms with Crippen molar-refractivity contribution in [2.45, 2.75) is 24.3 Å². The first-order valence-electron chi connectivity index (χ1n) is 8.87. The average molecular weight is 369 g/mol. The summed E-state index contributed by atoms with van der Waals surface area (Å²) in [5.74, 6) is -0.319. The van der Waals surface area contributed by atoms with Crippen molar-refractivity contribution in [3.63, 3.8) is 0 Å². The third-order valence-corrected chi connectivity index (χ3v) is 5.40. The van der Waals surface area contributed by atoms with Gasteiger partial charge in [0.2, 0.25) is 0 Å². The third kappa shape index (κ3) is 4.17. The van der Waals surface area contributed by atoms with Crippen molar-refractivity contribution in [2.75, 3.05) is 26.4 Å². The van der Waals surface area contributed by atoms with E-state index in [2.05, 4.69) is 42.5 Å². The number of nitrogens with zero attached hydrogens (tertiary/aromatic N) is 2. The van der Waals surface area contributed by atoms with E-state index in [9.17, 15) is 9.59 Å². The van der Waals surface area contributed by atoms with Crippen LogP contribution in [0.4, 0.5) is 0 Å². The minimum Gasteiger partial charge on any atom is -0.302 e. The molecule has 0 aromatic heterocycles. The number of rotatable bonds is 8. The van der Waals surface area contributed by atoms with Crippen LogP contribution in [0, 0.1) is 0 Å². The van der Waals surface area contributed by atoms with Crippen LogP contribution in [0.25, 0.3) is 0 Å². The van der Waals surface area contributed by atoms with Gasteiger partial charge in [0.1, 0.15) is 0 Å². The molecule has 2 aromatic carbocycles. The highest BCUT2D eigenvalue weighted by Crippen LogP contribution is 2.22. The van der Waals surface area contributed by atoms with E-state index in [1.54, 1.807) is 36.0 Å². The highest BCUT2D eigenvalue weighted by atomic mass is 32.2. The molecule has 2 aromatic rings. The molecule has 5 heteroatoms. The fourth-order valence-corrected chi connectivity index (χ4v) is 3.62. The van der Waals surface area contributed by atoms with Crippen LogP contribution in [0.3, 0.4) is 0 Å². The number of carbonyl (C=O) groups is 2. The van der Waals surface area contributed by atoms with Gasteiger partial charge >= 0.3 is 0 Å². The molecule has 0 spiro atoms. The molecule has 0 fully saturated rings. The maximum absolute atomic E-state index is 12.3. The van der Waals surface area contributed by atoms with E-state index < -0.39 is 0 Å². The number of benzene rings is 2. The van der Waals surface area contributed by atoms with Gasteiger partial charge in [0.15, 0.2) is 0 Å². The fourth-order valence-electron chi connectivity index (χ4n) is 3.22. The van der Waals surface area contributed by atoms with Gasteiger partial charge in [-0.15, -0.1) is 11.8 Å². The lowest BCUT2D eigenvalue weighted by atomic mass is 10.1. The molecule has 0 atom stereocenters. The summed E-state index contributed by atoms with van der Waals surface area (Å²) >= 11 is 1.75. The fraction of sp³-hybridized carbons (Fsp3) is 0.333. The Kier molecular flexibility index (Phi) is 6.12. The van der Waals surface area contributed by atoms with Crippen LogP contribution in [-0.2, 0) is 6.54 Å². The van der Waals surface area contributed by atoms with Crippen LogP contribution in [0.1, 0.15) is 39.1 Å². The Morgan fingerprint density at radius 3 is 2.12 bits per heavy atom. The van der Waals surface area contributed by atoms with Gasteiger partial charge in [-0.2, -0.15) is 0 Å². The van der Waals surface area contributed by atoms with Gasteiger partial charge < -0.3 is 4.90 Å². The number of carbonyl (C=O) groups excluding carboxylic acids is 2. The van der Waals surface area contributed by atoms with Crippen molar-refractivity contribution in [1.82, 2.24) is 9.80 Å². The topological polar surface area (TPSA) is 40.6 Å². The SMILES string of the molecule is CSc1ccc(CN(C)CCCCN2C(=O)c3ccccc3C2=O)cc1. The number of hydrogen-bond donors (Lipinski definition) is 0. The molecular weight excluding hydrogens is 344 g/mol. The van der Waals surface area contributed by atoms with Gasteiger partial charge in [-0.05, 0) is 62.5 Å². The number of hydrogen-bond acceptors (Lipinski definition) is 4. The Balaban J connectivity index is 1.43. The summed E-state index contributed by atoms with van der Waals surface area (Å²) in [6.07, 6.45) is 3.85. The Bertz CT molecular complexity index is 754. The van der Waals surface area contributed by atoms with Gasteiger partial charge in [0.25, 0.3) is 11.8 Å². The van der Waals surface area contributed by atoms with Crippen molar-refractivity contribution in [3.05, 3.63) is 65.2 Å². The molecule has 1 aliphatic rings. The van der Waals surface area contributed by atoms with E-state index in [0.29, 0.717) is 17.7 Å². The number of thioether (sulfide) groups is 1. The van der Waals surface area contributed by atoms with E-state index in [0.717, 1.165) is 25.9 Å². The summed E-state index contributed by atoms with van der Waals surface area (Å²) in [6, 6.07) is 15.7. The van der Waals surface area contributed by atoms with Gasteiger partial charge in [-0.3, -0.25) is 14.5 Å². The summed E-state index contributed by atoms with van der Waals surface area (Å²) in [4.78, 5) is 29.6. The van der Waals surface area contributed by atoms with Crippen LogP contribution >= 0.6 is 11.8 Å². The molecule has 26 heavy (non-hydrogen) atoms. The molecule has 3 rings (SSSR count). The first kappa shape index (κ1) is 18.7. The summed E-state index contributed by atoms with van der Waals surface area (Å²) in [5, 5.41) is 0. The minimum absolute atomic E-state index is 0.159. The predicted octanol–water partition coefficient (Wildman–Crippen LogP) is 3.92. The van der Waals surface area contributed by atoms with Crippen LogP contribution in [-0.4, -0.2) is 48.0 Å². The maximum Gasteiger partial charge on any atom is 0.261 e. The lowest BCUT2D eigenvalue weighted by Crippen LogP contribution is -2.31. The van der Waals surface area contributed by atoms with Crippen LogP contribution in [0.2, 0.25) is 0 Å². The molecule has 0 radical (unpaired) electrons. The molecule has 0 unspecified atom stereocenters. The zero-order valence-corrected chi connectivity index (χ0v) is 16.1. The smallest absolute Gasteiger partial charge is 0.261 e. The summed E-state index contributed by atoms with van der Waals surface area (Å²) in [5.41, 5.74) is 2.36. The predicted molar refractivity (Wildman–Crippen MR) is 106 cm³/mol. The van der Waals surface area contributed by atoms with Crippen molar-refractivity contribution in [3.8, 4) is 0 Å². The second-order valence-electron chi connectivity index (χ2n) is 6.60. The molecule has 0 aliphatic carbocycles. The molecule has 0 saturated carbocycles. The highest BCUT2D eigenvalue weighted by molar-refractivity contribution is 7.98. The number of amides is 2. The van der Waals surface area contributed by atoms with Gasteiger partial charge in [0, 0.05) is 18.0 Å². The monoisotopic (exact) mass is 368 g/mol. The quantitative estimate of drug-likeness (QED) is 0.402. The zero-order valence-electron chi connectivity index (χ0n) is 15.3. The Hall–Kier alpha value is -2.11. The van der Waals surface area contributed by atoms with Crippen molar-refractivity contribution in [2.24, 2.45) is 0 Å². The van der Waals surface area contributed by atoms with E-state index in [-0.39, 0.29) is 11.8 Å². The van der Waals surface area contributed by atoms with Gasteiger partial charge in [0.05, 0.1) is 11.1 Å². The lowest BCUT2D eigenvalue weighted by molar-refractivity contribution is 0.0650. The number of fused-ring (bicyclic) bond motifs is 1. The molecule has 4 nitrogen and oxygen atoms in total. The van der Waals surface area contributed by atoms with E-state index >= 15 is 0 Å². The zero-order chi connectivity index (χ0) is 18.5. The molecular formula is C21H24N2O2S. The van der Waals surface area contributed by atoms with Gasteiger partial charge in [-0.25, -0.2) is 0 Å². The Morgan fingerprint density at radius 2 is 1.54 bits per heavy atom. The molecule has 0 saturated heterocycles. The molecule has 0 N–H and O–H groups in total. The number of unbranched alkanes of at least 4 members (excludes halogenated alkanes) is 1. The highest BCUT2D eigenvalue weighted by Gasteiger charge is 2.34. The van der Waals surface area contributed by atoms with Crippen molar-refractivity contribution in [1.29, 1.82) is 0 Å². The van der Waals surface area contributed by atoms with Crippen molar-refractivity contribution >= 4 is 23.6 Å². The maximum atomic E-state index is 12.3. The minimum atomic E-state index is -0.159. The van der Waals surface area contributed by atoms with E-state index in [1.807, 2.05) is 0 Å². The molecule has 1 heterocycles. The molecule has 1 aliphatic heterocycles. The lowest BCUT2D eigenvalue weighted by Gasteiger charge is -2.18.